The third-order valence-electron chi connectivity index (χ3n) is 4.90. The van der Waals surface area contributed by atoms with Gasteiger partial charge in [0.1, 0.15) is 23.2 Å². The molecular weight excluding hydrogens is 368 g/mol. The van der Waals surface area contributed by atoms with Gasteiger partial charge in [-0.25, -0.2) is 4.79 Å². The van der Waals surface area contributed by atoms with Crippen molar-refractivity contribution in [2.45, 2.75) is 45.1 Å². The van der Waals surface area contributed by atoms with Gasteiger partial charge in [-0.2, -0.15) is 5.26 Å². The van der Waals surface area contributed by atoms with E-state index in [0.717, 1.165) is 31.2 Å². The summed E-state index contributed by atoms with van der Waals surface area (Å²) in [6.45, 7) is 2.08. The number of benzene rings is 1. The van der Waals surface area contributed by atoms with Crippen LogP contribution >= 0.6 is 0 Å². The molecule has 0 saturated heterocycles. The third kappa shape index (κ3) is 5.35. The molecule has 0 atom stereocenters. The van der Waals surface area contributed by atoms with Crippen molar-refractivity contribution in [3.8, 4) is 17.4 Å². The molecule has 6 nitrogen and oxygen atoms in total. The summed E-state index contributed by atoms with van der Waals surface area (Å²) in [4.78, 5) is 24.1. The Morgan fingerprint density at radius 1 is 1.17 bits per heavy atom. The third-order valence-corrected chi connectivity index (χ3v) is 4.90. The van der Waals surface area contributed by atoms with Crippen LogP contribution in [-0.4, -0.2) is 24.5 Å². The lowest BCUT2D eigenvalue weighted by molar-refractivity contribution is -0.117. The molecule has 29 heavy (non-hydrogen) atoms. The van der Waals surface area contributed by atoms with E-state index in [9.17, 15) is 14.9 Å². The van der Waals surface area contributed by atoms with Gasteiger partial charge in [-0.1, -0.05) is 31.4 Å². The molecule has 1 amide bonds. The largest absolute Gasteiger partial charge is 0.462 e. The van der Waals surface area contributed by atoms with E-state index in [-0.39, 0.29) is 23.5 Å². The highest BCUT2D eigenvalue weighted by Crippen LogP contribution is 2.24. The van der Waals surface area contributed by atoms with E-state index >= 15 is 0 Å². The van der Waals surface area contributed by atoms with E-state index in [1.54, 1.807) is 43.3 Å². The topological polar surface area (TPSA) is 92.3 Å². The minimum absolute atomic E-state index is 0.0223. The molecule has 1 heterocycles. The first kappa shape index (κ1) is 20.4. The number of ether oxygens (including phenoxy) is 1. The number of esters is 1. The van der Waals surface area contributed by atoms with E-state index < -0.39 is 0 Å². The molecule has 0 aliphatic heterocycles. The van der Waals surface area contributed by atoms with Gasteiger partial charge in [-0.05, 0) is 44.0 Å². The molecule has 0 bridgehead atoms. The summed E-state index contributed by atoms with van der Waals surface area (Å²) in [5.74, 6) is 0.266. The number of carbonyl (C=O) groups is 2. The van der Waals surface area contributed by atoms with Crippen molar-refractivity contribution in [2.24, 2.45) is 0 Å². The normalized spacial score (nSPS) is 14.8. The van der Waals surface area contributed by atoms with Crippen molar-refractivity contribution < 1.29 is 18.7 Å². The van der Waals surface area contributed by atoms with Crippen molar-refractivity contribution in [1.29, 1.82) is 5.26 Å². The zero-order valence-electron chi connectivity index (χ0n) is 16.4. The summed E-state index contributed by atoms with van der Waals surface area (Å²) in [7, 11) is 0. The summed E-state index contributed by atoms with van der Waals surface area (Å²) in [6.07, 6.45) is 6.77. The van der Waals surface area contributed by atoms with Gasteiger partial charge in [0, 0.05) is 17.7 Å². The SMILES string of the molecule is CCOC(=O)c1ccc(-c2ccc(/C=C(/C#N)C(=O)NC3CCCCC3)o2)cc1. The minimum Gasteiger partial charge on any atom is -0.462 e. The molecule has 1 aromatic heterocycles. The molecule has 0 spiro atoms. The summed E-state index contributed by atoms with van der Waals surface area (Å²) < 4.78 is 10.7. The minimum atomic E-state index is -0.371. The predicted molar refractivity (Wildman–Crippen MR) is 109 cm³/mol. The van der Waals surface area contributed by atoms with Crippen LogP contribution in [0.5, 0.6) is 0 Å². The Morgan fingerprint density at radius 3 is 2.55 bits per heavy atom. The summed E-state index contributed by atoms with van der Waals surface area (Å²) in [5, 5.41) is 12.3. The van der Waals surface area contributed by atoms with E-state index in [1.807, 2.05) is 6.07 Å². The van der Waals surface area contributed by atoms with Crippen molar-refractivity contribution in [3.63, 3.8) is 0 Å². The number of hydrogen-bond donors (Lipinski definition) is 1. The molecule has 0 radical (unpaired) electrons. The lowest BCUT2D eigenvalue weighted by atomic mass is 9.95. The standard InChI is InChI=1S/C23H24N2O4/c1-2-28-23(27)17-10-8-16(9-11-17)21-13-12-20(29-21)14-18(15-24)22(26)25-19-6-4-3-5-7-19/h8-14,19H,2-7H2,1H3,(H,25,26)/b18-14-. The smallest absolute Gasteiger partial charge is 0.338 e. The molecule has 150 valence electrons. The van der Waals surface area contributed by atoms with E-state index in [4.69, 9.17) is 9.15 Å². The zero-order chi connectivity index (χ0) is 20.6. The average molecular weight is 392 g/mol. The van der Waals surface area contributed by atoms with Crippen molar-refractivity contribution >= 4 is 18.0 Å². The molecular formula is C23H24N2O4. The highest BCUT2D eigenvalue weighted by Gasteiger charge is 2.18. The van der Waals surface area contributed by atoms with Gasteiger partial charge in [0.2, 0.25) is 0 Å². The van der Waals surface area contributed by atoms with Crippen LogP contribution in [0, 0.1) is 11.3 Å². The summed E-state index contributed by atoms with van der Waals surface area (Å²) in [5.41, 5.74) is 1.27. The average Bonchev–Trinajstić information content (AvgIpc) is 3.21. The maximum Gasteiger partial charge on any atom is 0.338 e. The fraction of sp³-hybridized carbons (Fsp3) is 0.348. The second-order valence-electron chi connectivity index (χ2n) is 6.98. The van der Waals surface area contributed by atoms with E-state index in [2.05, 4.69) is 5.32 Å². The lowest BCUT2D eigenvalue weighted by Crippen LogP contribution is -2.36. The number of furan rings is 1. The summed E-state index contributed by atoms with van der Waals surface area (Å²) in [6, 6.07) is 12.4. The number of amides is 1. The van der Waals surface area contributed by atoms with Crippen LogP contribution in [0.4, 0.5) is 0 Å². The van der Waals surface area contributed by atoms with Crippen LogP contribution in [0.25, 0.3) is 17.4 Å². The van der Waals surface area contributed by atoms with Gasteiger partial charge in [0.05, 0.1) is 12.2 Å². The van der Waals surface area contributed by atoms with E-state index in [1.165, 1.54) is 12.5 Å². The summed E-state index contributed by atoms with van der Waals surface area (Å²) >= 11 is 0. The van der Waals surface area contributed by atoms with Crippen LogP contribution in [0.1, 0.15) is 55.1 Å². The fourth-order valence-corrected chi connectivity index (χ4v) is 3.37. The Bertz CT molecular complexity index is 929. The number of rotatable bonds is 6. The Labute approximate surface area is 170 Å². The van der Waals surface area contributed by atoms with Gasteiger partial charge >= 0.3 is 5.97 Å². The van der Waals surface area contributed by atoms with Gasteiger partial charge in [-0.15, -0.1) is 0 Å². The van der Waals surface area contributed by atoms with Crippen molar-refractivity contribution in [3.05, 3.63) is 53.3 Å². The van der Waals surface area contributed by atoms with Crippen molar-refractivity contribution in [2.75, 3.05) is 6.61 Å². The number of nitrogens with zero attached hydrogens (tertiary/aromatic N) is 1. The quantitative estimate of drug-likeness (QED) is 0.444. The molecule has 1 N–H and O–H groups in total. The number of nitrogens with one attached hydrogen (secondary N) is 1. The van der Waals surface area contributed by atoms with E-state index in [0.29, 0.717) is 23.7 Å². The van der Waals surface area contributed by atoms with Crippen LogP contribution < -0.4 is 5.32 Å². The van der Waals surface area contributed by atoms with Gasteiger partial charge in [0.15, 0.2) is 0 Å². The molecule has 2 aromatic rings. The van der Waals surface area contributed by atoms with Gasteiger partial charge < -0.3 is 14.5 Å². The molecule has 3 rings (SSSR count). The molecule has 0 unspecified atom stereocenters. The lowest BCUT2D eigenvalue weighted by Gasteiger charge is -2.22. The Balaban J connectivity index is 1.70. The monoisotopic (exact) mass is 392 g/mol. The van der Waals surface area contributed by atoms with Crippen LogP contribution in [-0.2, 0) is 9.53 Å². The molecule has 1 aliphatic carbocycles. The second kappa shape index (κ2) is 9.74. The maximum absolute atomic E-state index is 12.4. The van der Waals surface area contributed by atoms with Gasteiger partial charge in [-0.3, -0.25) is 4.79 Å². The Hall–Kier alpha value is -3.33. The molecule has 1 aliphatic rings. The Kier molecular flexibility index (Phi) is 6.85. The second-order valence-corrected chi connectivity index (χ2v) is 6.98. The fourth-order valence-electron chi connectivity index (χ4n) is 3.37. The highest BCUT2D eigenvalue weighted by atomic mass is 16.5. The first-order valence-corrected chi connectivity index (χ1v) is 9.90. The maximum atomic E-state index is 12.4. The predicted octanol–water partition coefficient (Wildman–Crippen LogP) is 4.48. The van der Waals surface area contributed by atoms with Crippen LogP contribution in [0.15, 0.2) is 46.4 Å². The number of carbonyl (C=O) groups excluding carboxylic acids is 2. The zero-order valence-corrected chi connectivity index (χ0v) is 16.4. The number of nitriles is 1. The molecule has 1 fully saturated rings. The first-order chi connectivity index (χ1) is 14.1. The van der Waals surface area contributed by atoms with Crippen LogP contribution in [0.2, 0.25) is 0 Å². The first-order valence-electron chi connectivity index (χ1n) is 9.90. The molecule has 1 aromatic carbocycles. The molecule has 6 heteroatoms. The number of hydrogen-bond acceptors (Lipinski definition) is 5. The molecule has 1 saturated carbocycles. The van der Waals surface area contributed by atoms with Crippen molar-refractivity contribution in [1.82, 2.24) is 5.32 Å². The highest BCUT2D eigenvalue weighted by molar-refractivity contribution is 6.01. The Morgan fingerprint density at radius 2 is 1.90 bits per heavy atom. The van der Waals surface area contributed by atoms with Gasteiger partial charge in [0.25, 0.3) is 5.91 Å². The van der Waals surface area contributed by atoms with Crippen LogP contribution in [0.3, 0.4) is 0 Å².